The maximum absolute atomic E-state index is 12.0. The van der Waals surface area contributed by atoms with Crippen LogP contribution in [0.15, 0.2) is 4.52 Å². The van der Waals surface area contributed by atoms with Crippen molar-refractivity contribution in [3.8, 4) is 0 Å². The molecule has 19 heavy (non-hydrogen) atoms. The summed E-state index contributed by atoms with van der Waals surface area (Å²) >= 11 is 0. The van der Waals surface area contributed by atoms with Crippen LogP contribution < -0.4 is 0 Å². The van der Waals surface area contributed by atoms with Gasteiger partial charge < -0.3 is 14.2 Å². The Labute approximate surface area is 111 Å². The number of carbonyl (C=O) groups is 2. The first-order valence-corrected chi connectivity index (χ1v) is 6.31. The van der Waals surface area contributed by atoms with Crippen LogP contribution in [-0.2, 0) is 17.6 Å². The zero-order valence-corrected chi connectivity index (χ0v) is 11.4. The van der Waals surface area contributed by atoms with Gasteiger partial charge in [0, 0.05) is 25.1 Å². The van der Waals surface area contributed by atoms with Gasteiger partial charge in [-0.25, -0.2) is 4.79 Å². The molecule has 6 heteroatoms. The Morgan fingerprint density at radius 1 is 1.37 bits per heavy atom. The van der Waals surface area contributed by atoms with E-state index in [1.54, 1.807) is 4.90 Å². The van der Waals surface area contributed by atoms with Crippen LogP contribution in [0.4, 0.5) is 4.79 Å². The van der Waals surface area contributed by atoms with Crippen molar-refractivity contribution in [2.24, 2.45) is 0 Å². The van der Waals surface area contributed by atoms with Gasteiger partial charge in [0.15, 0.2) is 6.29 Å². The van der Waals surface area contributed by atoms with E-state index in [4.69, 9.17) is 9.26 Å². The van der Waals surface area contributed by atoms with E-state index in [-0.39, 0.29) is 11.9 Å². The van der Waals surface area contributed by atoms with Crippen molar-refractivity contribution in [1.82, 2.24) is 10.1 Å². The smallest absolute Gasteiger partial charge is 0.410 e. The molecule has 0 radical (unpaired) electrons. The summed E-state index contributed by atoms with van der Waals surface area (Å²) in [6.07, 6.45) is 1.47. The zero-order valence-electron chi connectivity index (χ0n) is 11.4. The van der Waals surface area contributed by atoms with Gasteiger partial charge in [0.25, 0.3) is 0 Å². The van der Waals surface area contributed by atoms with Crippen molar-refractivity contribution in [3.05, 3.63) is 17.0 Å². The van der Waals surface area contributed by atoms with E-state index in [9.17, 15) is 9.59 Å². The number of rotatable bonds is 1. The van der Waals surface area contributed by atoms with E-state index in [1.807, 2.05) is 20.8 Å². The summed E-state index contributed by atoms with van der Waals surface area (Å²) in [5.41, 5.74) is 1.06. The van der Waals surface area contributed by atoms with E-state index < -0.39 is 5.60 Å². The normalized spacial score (nSPS) is 15.6. The number of aromatic nitrogens is 1. The maximum atomic E-state index is 12.0. The van der Waals surface area contributed by atoms with Gasteiger partial charge in [0.2, 0.25) is 5.76 Å². The first-order chi connectivity index (χ1) is 8.90. The van der Waals surface area contributed by atoms with E-state index >= 15 is 0 Å². The van der Waals surface area contributed by atoms with E-state index in [0.29, 0.717) is 32.2 Å². The fourth-order valence-electron chi connectivity index (χ4n) is 2.02. The predicted octanol–water partition coefficient (Wildman–Crippen LogP) is 1.82. The van der Waals surface area contributed by atoms with Crippen LogP contribution in [0.1, 0.15) is 42.6 Å². The Morgan fingerprint density at radius 3 is 2.68 bits per heavy atom. The zero-order chi connectivity index (χ0) is 14.0. The fraction of sp³-hybridized carbons (Fsp3) is 0.615. The number of nitrogens with zero attached hydrogens (tertiary/aromatic N) is 2. The Morgan fingerprint density at radius 2 is 2.05 bits per heavy atom. The highest BCUT2D eigenvalue weighted by atomic mass is 16.6. The molecule has 104 valence electrons. The van der Waals surface area contributed by atoms with Crippen molar-refractivity contribution in [3.63, 3.8) is 0 Å². The van der Waals surface area contributed by atoms with Gasteiger partial charge in [-0.15, -0.1) is 0 Å². The molecule has 2 heterocycles. The lowest BCUT2D eigenvalue weighted by Gasteiger charge is -2.26. The third kappa shape index (κ3) is 3.13. The number of aldehydes is 1. The van der Waals surface area contributed by atoms with Gasteiger partial charge in [0.1, 0.15) is 5.60 Å². The van der Waals surface area contributed by atoms with Gasteiger partial charge in [-0.3, -0.25) is 4.79 Å². The number of fused-ring (bicyclic) bond motifs is 1. The minimum atomic E-state index is -0.507. The second kappa shape index (κ2) is 5.03. The van der Waals surface area contributed by atoms with Gasteiger partial charge >= 0.3 is 6.09 Å². The summed E-state index contributed by atoms with van der Waals surface area (Å²) in [6.45, 7) is 6.53. The third-order valence-corrected chi connectivity index (χ3v) is 2.91. The monoisotopic (exact) mass is 266 g/mol. The molecule has 6 nitrogen and oxygen atoms in total. The average Bonchev–Trinajstić information content (AvgIpc) is 2.57. The molecular weight excluding hydrogens is 248 g/mol. The molecule has 0 spiro atoms. The molecule has 0 saturated heterocycles. The highest BCUT2D eigenvalue weighted by molar-refractivity contribution is 5.73. The quantitative estimate of drug-likeness (QED) is 0.725. The van der Waals surface area contributed by atoms with Gasteiger partial charge in [-0.1, -0.05) is 5.16 Å². The molecule has 1 aromatic rings. The molecule has 1 aliphatic rings. The lowest BCUT2D eigenvalue weighted by Crippen LogP contribution is -2.38. The lowest BCUT2D eigenvalue weighted by molar-refractivity contribution is 0.0257. The topological polar surface area (TPSA) is 72.6 Å². The number of carbonyl (C=O) groups excluding carboxylic acids is 2. The van der Waals surface area contributed by atoms with Crippen molar-refractivity contribution in [1.29, 1.82) is 0 Å². The molecular formula is C13H18N2O4. The van der Waals surface area contributed by atoms with Crippen LogP contribution in [0.25, 0.3) is 0 Å². The molecule has 1 aliphatic heterocycles. The third-order valence-electron chi connectivity index (χ3n) is 2.91. The maximum Gasteiger partial charge on any atom is 0.410 e. The molecule has 0 aromatic carbocycles. The van der Waals surface area contributed by atoms with Crippen LogP contribution in [-0.4, -0.2) is 41.1 Å². The Balaban J connectivity index is 2.05. The second-order valence-electron chi connectivity index (χ2n) is 5.56. The molecule has 0 N–H and O–H groups in total. The highest BCUT2D eigenvalue weighted by Crippen LogP contribution is 2.19. The predicted molar refractivity (Wildman–Crippen MR) is 67.1 cm³/mol. The lowest BCUT2D eigenvalue weighted by atomic mass is 10.1. The Kier molecular flexibility index (Phi) is 3.59. The Hall–Kier alpha value is -1.85. The van der Waals surface area contributed by atoms with Gasteiger partial charge in [-0.2, -0.15) is 0 Å². The molecule has 0 atom stereocenters. The van der Waals surface area contributed by atoms with Crippen molar-refractivity contribution < 1.29 is 18.8 Å². The summed E-state index contributed by atoms with van der Waals surface area (Å²) in [5.74, 6) is 0.265. The number of hydrogen-bond donors (Lipinski definition) is 0. The summed E-state index contributed by atoms with van der Waals surface area (Å²) in [5, 5.41) is 3.87. The summed E-state index contributed by atoms with van der Waals surface area (Å²) in [4.78, 5) is 24.4. The van der Waals surface area contributed by atoms with Gasteiger partial charge in [0.05, 0.1) is 5.69 Å². The summed E-state index contributed by atoms with van der Waals surface area (Å²) in [7, 11) is 0. The van der Waals surface area contributed by atoms with Crippen molar-refractivity contribution in [2.75, 3.05) is 13.1 Å². The standard InChI is InChI=1S/C13H18N2O4/c1-13(2,3)18-12(17)15-6-4-9-10(5-7-15)14-19-11(9)8-16/h8H,4-7H2,1-3H3. The first kappa shape index (κ1) is 13.6. The summed E-state index contributed by atoms with van der Waals surface area (Å²) < 4.78 is 10.3. The molecule has 0 fully saturated rings. The molecule has 0 bridgehead atoms. The molecule has 0 aliphatic carbocycles. The highest BCUT2D eigenvalue weighted by Gasteiger charge is 2.26. The minimum Gasteiger partial charge on any atom is -0.444 e. The van der Waals surface area contributed by atoms with E-state index in [2.05, 4.69) is 5.16 Å². The molecule has 0 saturated carbocycles. The summed E-state index contributed by atoms with van der Waals surface area (Å²) in [6, 6.07) is 0. The molecule has 1 amide bonds. The van der Waals surface area contributed by atoms with Crippen molar-refractivity contribution in [2.45, 2.75) is 39.2 Å². The van der Waals surface area contributed by atoms with Crippen LogP contribution in [0.5, 0.6) is 0 Å². The van der Waals surface area contributed by atoms with Crippen LogP contribution in [0, 0.1) is 0 Å². The van der Waals surface area contributed by atoms with Crippen molar-refractivity contribution >= 4 is 12.4 Å². The number of hydrogen-bond acceptors (Lipinski definition) is 5. The average molecular weight is 266 g/mol. The first-order valence-electron chi connectivity index (χ1n) is 6.31. The SMILES string of the molecule is CC(C)(C)OC(=O)N1CCc2noc(C=O)c2CC1. The fourth-order valence-corrected chi connectivity index (χ4v) is 2.02. The van der Waals surface area contributed by atoms with Crippen LogP contribution in [0.3, 0.4) is 0 Å². The number of amides is 1. The number of ether oxygens (including phenoxy) is 1. The minimum absolute atomic E-state index is 0.265. The largest absolute Gasteiger partial charge is 0.444 e. The van der Waals surface area contributed by atoms with Crippen LogP contribution in [0.2, 0.25) is 0 Å². The molecule has 2 rings (SSSR count). The Bertz CT molecular complexity index is 487. The molecule has 1 aromatic heterocycles. The molecule has 0 unspecified atom stereocenters. The van der Waals surface area contributed by atoms with Gasteiger partial charge in [-0.05, 0) is 27.2 Å². The second-order valence-corrected chi connectivity index (χ2v) is 5.56. The van der Waals surface area contributed by atoms with E-state index in [1.165, 1.54) is 0 Å². The van der Waals surface area contributed by atoms with E-state index in [0.717, 1.165) is 11.3 Å². The van der Waals surface area contributed by atoms with Crippen LogP contribution >= 0.6 is 0 Å².